The van der Waals surface area contributed by atoms with Crippen LogP contribution < -0.4 is 21.3 Å². The first-order valence-electron chi connectivity index (χ1n) is 5.80. The van der Waals surface area contributed by atoms with Gasteiger partial charge in [-0.3, -0.25) is 0 Å². The van der Waals surface area contributed by atoms with Crippen LogP contribution in [0.5, 0.6) is 0 Å². The van der Waals surface area contributed by atoms with E-state index in [1.54, 1.807) is 0 Å². The van der Waals surface area contributed by atoms with Crippen LogP contribution in [0.3, 0.4) is 0 Å². The average molecular weight is 282 g/mol. The Morgan fingerprint density at radius 1 is 1.33 bits per heavy atom. The summed E-state index contributed by atoms with van der Waals surface area (Å²) in [6.07, 6.45) is 0. The van der Waals surface area contributed by atoms with Crippen LogP contribution in [-0.2, 0) is 0 Å². The molecule has 0 aliphatic carbocycles. The molecule has 0 saturated carbocycles. The van der Waals surface area contributed by atoms with Crippen LogP contribution in [0, 0.1) is 0 Å². The molecule has 4 N–H and O–H groups in total. The summed E-state index contributed by atoms with van der Waals surface area (Å²) in [5.74, 6) is 0. The summed E-state index contributed by atoms with van der Waals surface area (Å²) >= 11 is 10.2. The van der Waals surface area contributed by atoms with Crippen LogP contribution in [-0.4, -0.2) is 23.3 Å². The molecule has 1 aromatic rings. The minimum absolute atomic E-state index is 0.254. The molecule has 0 aromatic heterocycles. The highest BCUT2D eigenvalue weighted by molar-refractivity contribution is 7.80. The number of nitrogens with zero attached hydrogens (tertiary/aromatic N) is 1. The van der Waals surface area contributed by atoms with Crippen molar-refractivity contribution < 1.29 is 0 Å². The van der Waals surface area contributed by atoms with Crippen LogP contribution >= 0.6 is 24.4 Å². The number of thiocarbonyl (C=S) groups is 2. The highest BCUT2D eigenvalue weighted by atomic mass is 32.1. The average Bonchev–Trinajstić information content (AvgIpc) is 2.30. The van der Waals surface area contributed by atoms with Crippen LogP contribution in [0.1, 0.15) is 13.8 Å². The van der Waals surface area contributed by atoms with Gasteiger partial charge in [0.1, 0.15) is 0 Å². The molecule has 4 nitrogen and oxygen atoms in total. The van der Waals surface area contributed by atoms with Crippen molar-refractivity contribution in [3.8, 4) is 0 Å². The van der Waals surface area contributed by atoms with Crippen molar-refractivity contribution in [2.45, 2.75) is 13.8 Å². The van der Waals surface area contributed by atoms with Gasteiger partial charge in [0.05, 0.1) is 0 Å². The number of anilines is 2. The molecule has 0 bridgehead atoms. The number of hydrogen-bond donors (Lipinski definition) is 3. The highest BCUT2D eigenvalue weighted by Crippen LogP contribution is 2.19. The standard InChI is InChI=1S/C12H18N4S2/c1-3-14-12(18)16(4-2)10-7-5-6-9(8-10)15-11(13)17/h5-8H,3-4H2,1-2H3,(H,14,18)(H3,13,15,17). The number of rotatable bonds is 4. The lowest BCUT2D eigenvalue weighted by atomic mass is 10.2. The van der Waals surface area contributed by atoms with E-state index in [-0.39, 0.29) is 5.11 Å². The van der Waals surface area contributed by atoms with Gasteiger partial charge < -0.3 is 21.3 Å². The van der Waals surface area contributed by atoms with Crippen molar-refractivity contribution in [3.05, 3.63) is 24.3 Å². The fourth-order valence-electron chi connectivity index (χ4n) is 1.58. The van der Waals surface area contributed by atoms with Gasteiger partial charge in [0.25, 0.3) is 0 Å². The molecular formula is C12H18N4S2. The Morgan fingerprint density at radius 3 is 2.61 bits per heavy atom. The molecule has 0 radical (unpaired) electrons. The van der Waals surface area contributed by atoms with Gasteiger partial charge in [-0.05, 0) is 56.5 Å². The number of hydrogen-bond acceptors (Lipinski definition) is 2. The van der Waals surface area contributed by atoms with E-state index in [9.17, 15) is 0 Å². The normalized spacial score (nSPS) is 9.67. The largest absolute Gasteiger partial charge is 0.376 e. The lowest BCUT2D eigenvalue weighted by Crippen LogP contribution is -2.39. The monoisotopic (exact) mass is 282 g/mol. The molecule has 0 fully saturated rings. The lowest BCUT2D eigenvalue weighted by molar-refractivity contribution is 0.929. The van der Waals surface area contributed by atoms with E-state index in [2.05, 4.69) is 17.6 Å². The van der Waals surface area contributed by atoms with E-state index in [1.165, 1.54) is 0 Å². The summed E-state index contributed by atoms with van der Waals surface area (Å²) in [5.41, 5.74) is 7.32. The minimum atomic E-state index is 0.254. The Hall–Kier alpha value is -1.40. The minimum Gasteiger partial charge on any atom is -0.376 e. The van der Waals surface area contributed by atoms with Crippen molar-refractivity contribution in [3.63, 3.8) is 0 Å². The second-order valence-corrected chi connectivity index (χ2v) is 4.45. The van der Waals surface area contributed by atoms with Crippen molar-refractivity contribution in [2.24, 2.45) is 5.73 Å². The zero-order valence-corrected chi connectivity index (χ0v) is 12.2. The maximum atomic E-state index is 5.46. The molecule has 98 valence electrons. The van der Waals surface area contributed by atoms with Crippen LogP contribution in [0.4, 0.5) is 11.4 Å². The lowest BCUT2D eigenvalue weighted by Gasteiger charge is -2.24. The van der Waals surface area contributed by atoms with E-state index in [0.717, 1.165) is 24.5 Å². The van der Waals surface area contributed by atoms with Crippen LogP contribution in [0.15, 0.2) is 24.3 Å². The van der Waals surface area contributed by atoms with Crippen molar-refractivity contribution in [1.29, 1.82) is 0 Å². The van der Waals surface area contributed by atoms with Crippen molar-refractivity contribution in [1.82, 2.24) is 5.32 Å². The molecule has 1 aromatic carbocycles. The third-order valence-corrected chi connectivity index (χ3v) is 2.78. The molecule has 1 rings (SSSR count). The molecule has 0 unspecified atom stereocenters. The third-order valence-electron chi connectivity index (χ3n) is 2.31. The highest BCUT2D eigenvalue weighted by Gasteiger charge is 2.09. The number of nitrogens with two attached hydrogens (primary N) is 1. The molecule has 0 atom stereocenters. The predicted octanol–water partition coefficient (Wildman–Crippen LogP) is 2.06. The quantitative estimate of drug-likeness (QED) is 0.735. The molecule has 0 aliphatic rings. The van der Waals surface area contributed by atoms with E-state index < -0.39 is 0 Å². The first-order valence-corrected chi connectivity index (χ1v) is 6.62. The van der Waals surface area contributed by atoms with Gasteiger partial charge in [0.2, 0.25) is 0 Å². The van der Waals surface area contributed by atoms with Gasteiger partial charge in [-0.2, -0.15) is 0 Å². The SMILES string of the molecule is CCNC(=S)N(CC)c1cccc(NC(N)=S)c1. The van der Waals surface area contributed by atoms with Crippen molar-refractivity contribution in [2.75, 3.05) is 23.3 Å². The van der Waals surface area contributed by atoms with Gasteiger partial charge in [-0.15, -0.1) is 0 Å². The summed E-state index contributed by atoms with van der Waals surface area (Å²) in [6.45, 7) is 5.67. The Kier molecular flexibility index (Phi) is 5.80. The molecule has 0 spiro atoms. The molecule has 0 aliphatic heterocycles. The number of benzene rings is 1. The molecule has 6 heteroatoms. The van der Waals surface area contributed by atoms with E-state index in [4.69, 9.17) is 30.2 Å². The summed E-state index contributed by atoms with van der Waals surface area (Å²) in [6, 6.07) is 7.81. The van der Waals surface area contributed by atoms with Gasteiger partial charge in [-0.25, -0.2) is 0 Å². The zero-order chi connectivity index (χ0) is 13.5. The maximum absolute atomic E-state index is 5.46. The Labute approximate surface area is 119 Å². The van der Waals surface area contributed by atoms with Crippen LogP contribution in [0.25, 0.3) is 0 Å². The molecule has 18 heavy (non-hydrogen) atoms. The molecule has 0 heterocycles. The molecular weight excluding hydrogens is 264 g/mol. The van der Waals surface area contributed by atoms with Gasteiger partial charge in [-0.1, -0.05) is 6.07 Å². The first-order chi connectivity index (χ1) is 8.58. The Morgan fingerprint density at radius 2 is 2.06 bits per heavy atom. The zero-order valence-electron chi connectivity index (χ0n) is 10.6. The fourth-order valence-corrected chi connectivity index (χ4v) is 2.08. The predicted molar refractivity (Wildman–Crippen MR) is 86.1 cm³/mol. The Bertz CT molecular complexity index is 434. The van der Waals surface area contributed by atoms with E-state index >= 15 is 0 Å². The van der Waals surface area contributed by atoms with E-state index in [1.807, 2.05) is 36.1 Å². The third kappa shape index (κ3) is 4.12. The second kappa shape index (κ2) is 7.13. The Balaban J connectivity index is 2.92. The second-order valence-electron chi connectivity index (χ2n) is 3.62. The van der Waals surface area contributed by atoms with Gasteiger partial charge in [0.15, 0.2) is 10.2 Å². The molecule has 0 amide bonds. The van der Waals surface area contributed by atoms with E-state index in [0.29, 0.717) is 5.11 Å². The summed E-state index contributed by atoms with van der Waals surface area (Å²) < 4.78 is 0. The van der Waals surface area contributed by atoms with Gasteiger partial charge in [0, 0.05) is 24.5 Å². The number of nitrogens with one attached hydrogen (secondary N) is 2. The summed E-state index contributed by atoms with van der Waals surface area (Å²) in [7, 11) is 0. The van der Waals surface area contributed by atoms with Crippen LogP contribution in [0.2, 0.25) is 0 Å². The fraction of sp³-hybridized carbons (Fsp3) is 0.333. The topological polar surface area (TPSA) is 53.3 Å². The maximum Gasteiger partial charge on any atom is 0.173 e. The smallest absolute Gasteiger partial charge is 0.173 e. The molecule has 0 saturated heterocycles. The summed E-state index contributed by atoms with van der Waals surface area (Å²) in [5, 5.41) is 7.03. The van der Waals surface area contributed by atoms with Crippen molar-refractivity contribution >= 4 is 46.0 Å². The van der Waals surface area contributed by atoms with Gasteiger partial charge >= 0.3 is 0 Å². The first kappa shape index (κ1) is 14.7. The summed E-state index contributed by atoms with van der Waals surface area (Å²) in [4.78, 5) is 2.02.